The lowest BCUT2D eigenvalue weighted by molar-refractivity contribution is 0.0468. The Balaban J connectivity index is 1.14. The van der Waals surface area contributed by atoms with Gasteiger partial charge in [0.1, 0.15) is 5.75 Å². The van der Waals surface area contributed by atoms with Crippen molar-refractivity contribution in [1.82, 2.24) is 25.0 Å². The molecule has 10 nitrogen and oxygen atoms in total. The maximum Gasteiger partial charge on any atom is 0.320 e. The molecule has 40 heavy (non-hydrogen) atoms. The predicted molar refractivity (Wildman–Crippen MR) is 148 cm³/mol. The van der Waals surface area contributed by atoms with E-state index >= 15 is 0 Å². The van der Waals surface area contributed by atoms with Gasteiger partial charge >= 0.3 is 6.03 Å². The molecule has 2 aromatic heterocycles. The van der Waals surface area contributed by atoms with Gasteiger partial charge in [0.15, 0.2) is 5.82 Å². The molecule has 2 aliphatic rings. The molecule has 0 saturated carbocycles. The second kappa shape index (κ2) is 9.80. The third-order valence-corrected chi connectivity index (χ3v) is 7.45. The lowest BCUT2D eigenvalue weighted by Crippen LogP contribution is -2.45. The minimum atomic E-state index is -0.979. The largest absolute Gasteiger partial charge is 0.492 e. The van der Waals surface area contributed by atoms with Gasteiger partial charge in [0, 0.05) is 24.2 Å². The normalized spacial score (nSPS) is 16.3. The Kier molecular flexibility index (Phi) is 6.26. The van der Waals surface area contributed by atoms with Crippen molar-refractivity contribution < 1.29 is 19.1 Å². The molecule has 0 spiro atoms. The molecule has 0 aliphatic carbocycles. The molecule has 1 atom stereocenters. The molecule has 2 aliphatic heterocycles. The SMILES string of the molecule is CC(C)(c1ccc(-n2ccc(NC(=O)N[C@H]3CCOc4c(Cl)cccc43)n2)cn1)N1C(=O)c2ccccc2C1=O. The summed E-state index contributed by atoms with van der Waals surface area (Å²) in [6.45, 7) is 4.02. The lowest BCUT2D eigenvalue weighted by Gasteiger charge is -2.33. The summed E-state index contributed by atoms with van der Waals surface area (Å²) >= 11 is 6.23. The first-order valence-corrected chi connectivity index (χ1v) is 13.1. The number of imide groups is 1. The van der Waals surface area contributed by atoms with E-state index < -0.39 is 11.6 Å². The topological polar surface area (TPSA) is 118 Å². The highest BCUT2D eigenvalue weighted by molar-refractivity contribution is 6.32. The number of rotatable bonds is 5. The zero-order valence-electron chi connectivity index (χ0n) is 21.7. The molecule has 4 aromatic rings. The molecule has 11 heteroatoms. The Hall–Kier alpha value is -4.70. The van der Waals surface area contributed by atoms with Gasteiger partial charge in [-0.2, -0.15) is 0 Å². The van der Waals surface area contributed by atoms with Crippen LogP contribution in [0.4, 0.5) is 10.6 Å². The molecule has 2 N–H and O–H groups in total. The number of ether oxygens (including phenoxy) is 1. The molecule has 4 heterocycles. The van der Waals surface area contributed by atoms with Gasteiger partial charge in [-0.25, -0.2) is 9.48 Å². The van der Waals surface area contributed by atoms with Crippen molar-refractivity contribution in [3.63, 3.8) is 0 Å². The van der Waals surface area contributed by atoms with E-state index in [9.17, 15) is 14.4 Å². The summed E-state index contributed by atoms with van der Waals surface area (Å²) < 4.78 is 7.23. The average Bonchev–Trinajstić information content (AvgIpc) is 3.51. The number of fused-ring (bicyclic) bond motifs is 2. The molecule has 0 saturated heterocycles. The number of amides is 4. The predicted octanol–water partition coefficient (Wildman–Crippen LogP) is 5.10. The zero-order valence-corrected chi connectivity index (χ0v) is 22.5. The number of nitrogens with one attached hydrogen (secondary N) is 2. The molecule has 4 amide bonds. The number of para-hydroxylation sites is 1. The quantitative estimate of drug-likeness (QED) is 0.330. The van der Waals surface area contributed by atoms with Crippen molar-refractivity contribution in [1.29, 1.82) is 0 Å². The fourth-order valence-corrected chi connectivity index (χ4v) is 5.31. The van der Waals surface area contributed by atoms with E-state index in [0.717, 1.165) is 5.56 Å². The van der Waals surface area contributed by atoms with E-state index in [1.165, 1.54) is 4.90 Å². The first kappa shape index (κ1) is 25.6. The summed E-state index contributed by atoms with van der Waals surface area (Å²) in [7, 11) is 0. The van der Waals surface area contributed by atoms with Gasteiger partial charge in [-0.1, -0.05) is 35.9 Å². The minimum absolute atomic E-state index is 0.244. The van der Waals surface area contributed by atoms with E-state index in [1.807, 2.05) is 12.1 Å². The number of hydrogen-bond donors (Lipinski definition) is 2. The third-order valence-electron chi connectivity index (χ3n) is 7.15. The van der Waals surface area contributed by atoms with E-state index in [4.69, 9.17) is 16.3 Å². The number of anilines is 1. The second-order valence-electron chi connectivity index (χ2n) is 10.0. The Morgan fingerprint density at radius 3 is 2.48 bits per heavy atom. The molecule has 0 unspecified atom stereocenters. The fourth-order valence-electron chi connectivity index (χ4n) is 5.08. The number of carbonyl (C=O) groups is 3. The highest BCUT2D eigenvalue weighted by atomic mass is 35.5. The van der Waals surface area contributed by atoms with Crippen LogP contribution in [0.1, 0.15) is 58.3 Å². The maximum absolute atomic E-state index is 13.0. The highest BCUT2D eigenvalue weighted by Gasteiger charge is 2.45. The third kappa shape index (κ3) is 4.36. The molecule has 0 radical (unpaired) electrons. The molecule has 2 aromatic carbocycles. The summed E-state index contributed by atoms with van der Waals surface area (Å²) in [5.41, 5.74) is 1.82. The van der Waals surface area contributed by atoms with Crippen molar-refractivity contribution >= 4 is 35.3 Å². The van der Waals surface area contributed by atoms with Gasteiger partial charge in [0.2, 0.25) is 0 Å². The smallest absolute Gasteiger partial charge is 0.320 e. The van der Waals surface area contributed by atoms with E-state index in [1.54, 1.807) is 79.5 Å². The molecular weight excluding hydrogens is 532 g/mol. The Morgan fingerprint density at radius 1 is 1.02 bits per heavy atom. The summed E-state index contributed by atoms with van der Waals surface area (Å²) in [5.74, 6) is 0.258. The van der Waals surface area contributed by atoms with Crippen LogP contribution in [0.5, 0.6) is 5.75 Å². The minimum Gasteiger partial charge on any atom is -0.492 e. The fraction of sp³-hybridized carbons (Fsp3) is 0.207. The monoisotopic (exact) mass is 556 g/mol. The van der Waals surface area contributed by atoms with Gasteiger partial charge in [0.25, 0.3) is 11.8 Å². The molecule has 202 valence electrons. The first-order chi connectivity index (χ1) is 19.2. The number of nitrogens with zero attached hydrogens (tertiary/aromatic N) is 4. The average molecular weight is 557 g/mol. The second-order valence-corrected chi connectivity index (χ2v) is 10.5. The Bertz CT molecular complexity index is 1610. The summed E-state index contributed by atoms with van der Waals surface area (Å²) in [6, 6.07) is 16.8. The van der Waals surface area contributed by atoms with Crippen molar-refractivity contribution in [2.24, 2.45) is 0 Å². The molecule has 6 rings (SSSR count). The van der Waals surface area contributed by atoms with Crippen LogP contribution in [-0.2, 0) is 5.54 Å². The standard InChI is InChI=1S/C29H25ClN6O4/c1-29(2,36-26(37)18-6-3-4-7-19(18)27(36)38)23-11-10-17(16-31-23)35-14-12-24(34-35)33-28(39)32-22-13-15-40-25-20(22)8-5-9-21(25)30/h3-12,14,16,22H,13,15H2,1-2H3,(H2,32,33,34,39)/t22-/m0/s1. The van der Waals surface area contributed by atoms with Crippen LogP contribution >= 0.6 is 11.6 Å². The van der Waals surface area contributed by atoms with Crippen LogP contribution in [0.25, 0.3) is 5.69 Å². The number of benzene rings is 2. The summed E-state index contributed by atoms with van der Waals surface area (Å²) in [4.78, 5) is 44.6. The Labute approximate surface area is 234 Å². The van der Waals surface area contributed by atoms with Crippen molar-refractivity contribution in [3.05, 3.63) is 100 Å². The Morgan fingerprint density at radius 2 is 1.77 bits per heavy atom. The number of halogens is 1. The van der Waals surface area contributed by atoms with E-state index in [2.05, 4.69) is 20.7 Å². The number of hydrogen-bond acceptors (Lipinski definition) is 6. The van der Waals surface area contributed by atoms with Gasteiger partial charge in [0.05, 0.1) is 51.9 Å². The van der Waals surface area contributed by atoms with Crippen LogP contribution in [0.2, 0.25) is 5.02 Å². The van der Waals surface area contributed by atoms with Crippen LogP contribution in [0, 0.1) is 0 Å². The van der Waals surface area contributed by atoms with E-state index in [-0.39, 0.29) is 17.9 Å². The highest BCUT2D eigenvalue weighted by Crippen LogP contribution is 2.38. The van der Waals surface area contributed by atoms with Gasteiger partial charge < -0.3 is 10.1 Å². The molecule has 0 fully saturated rings. The van der Waals surface area contributed by atoms with Gasteiger partial charge in [-0.05, 0) is 44.2 Å². The van der Waals surface area contributed by atoms with Crippen molar-refractivity contribution in [2.75, 3.05) is 11.9 Å². The summed E-state index contributed by atoms with van der Waals surface area (Å²) in [6.07, 6.45) is 3.92. The number of urea groups is 1. The molecular formula is C29H25ClN6O4. The summed E-state index contributed by atoms with van der Waals surface area (Å²) in [5, 5.41) is 10.7. The first-order valence-electron chi connectivity index (χ1n) is 12.7. The van der Waals surface area contributed by atoms with Crippen molar-refractivity contribution in [3.8, 4) is 11.4 Å². The van der Waals surface area contributed by atoms with Crippen molar-refractivity contribution in [2.45, 2.75) is 31.8 Å². The van der Waals surface area contributed by atoms with Crippen LogP contribution in [0.3, 0.4) is 0 Å². The van der Waals surface area contributed by atoms with Crippen LogP contribution < -0.4 is 15.4 Å². The van der Waals surface area contributed by atoms with Gasteiger partial charge in [-0.15, -0.1) is 5.10 Å². The number of carbonyl (C=O) groups excluding carboxylic acids is 3. The van der Waals surface area contributed by atoms with Crippen LogP contribution in [-0.4, -0.2) is 44.1 Å². The lowest BCUT2D eigenvalue weighted by atomic mass is 9.97. The van der Waals surface area contributed by atoms with Crippen LogP contribution in [0.15, 0.2) is 73.1 Å². The van der Waals surface area contributed by atoms with Gasteiger partial charge in [-0.3, -0.25) is 24.8 Å². The maximum atomic E-state index is 13.0. The number of pyridine rings is 1. The molecule has 0 bridgehead atoms. The zero-order chi connectivity index (χ0) is 28.0. The number of aromatic nitrogens is 3. The van der Waals surface area contributed by atoms with E-state index in [0.29, 0.717) is 52.1 Å².